The first kappa shape index (κ1) is 20.4. The van der Waals surface area contributed by atoms with Gasteiger partial charge in [0, 0.05) is 11.8 Å². The van der Waals surface area contributed by atoms with Gasteiger partial charge in [-0.1, -0.05) is 54.1 Å². The Morgan fingerprint density at radius 2 is 1.47 bits per heavy atom. The van der Waals surface area contributed by atoms with Crippen molar-refractivity contribution in [3.63, 3.8) is 0 Å². The number of amides is 2. The molecule has 3 aliphatic rings. The van der Waals surface area contributed by atoms with E-state index in [0.29, 0.717) is 11.3 Å². The van der Waals surface area contributed by atoms with Crippen molar-refractivity contribution in [1.29, 1.82) is 0 Å². The summed E-state index contributed by atoms with van der Waals surface area (Å²) in [5, 5.41) is 0. The minimum atomic E-state index is -0.466. The number of carbonyl (C=O) groups is 3. The van der Waals surface area contributed by atoms with Crippen molar-refractivity contribution in [1.82, 2.24) is 0 Å². The zero-order valence-electron chi connectivity index (χ0n) is 18.3. The van der Waals surface area contributed by atoms with E-state index in [1.54, 1.807) is 38.1 Å². The molecular weight excluding hydrogens is 402 g/mol. The van der Waals surface area contributed by atoms with Gasteiger partial charge in [0.15, 0.2) is 0 Å². The minimum Gasteiger partial charge on any atom is -0.459 e. The molecule has 1 aliphatic heterocycles. The molecule has 5 heteroatoms. The Hall–Kier alpha value is -3.47. The number of nitrogens with zero attached hydrogens (tertiary/aromatic N) is 1. The zero-order chi connectivity index (χ0) is 22.6. The predicted octanol–water partition coefficient (Wildman–Crippen LogP) is 4.65. The van der Waals surface area contributed by atoms with Crippen LogP contribution in [0.1, 0.15) is 36.7 Å². The first-order valence-electron chi connectivity index (χ1n) is 11.0. The fraction of sp³-hybridized carbons (Fsp3) is 0.296. The number of ether oxygens (including phenoxy) is 1. The molecule has 0 unspecified atom stereocenters. The van der Waals surface area contributed by atoms with Gasteiger partial charge in [-0.25, -0.2) is 9.69 Å². The Morgan fingerprint density at radius 3 is 2.06 bits per heavy atom. The van der Waals surface area contributed by atoms with Crippen molar-refractivity contribution in [2.45, 2.75) is 26.9 Å². The molecule has 4 atom stereocenters. The van der Waals surface area contributed by atoms with Crippen molar-refractivity contribution in [2.24, 2.45) is 23.7 Å². The zero-order valence-corrected chi connectivity index (χ0v) is 18.3. The molecule has 32 heavy (non-hydrogen) atoms. The Labute approximate surface area is 187 Å². The third-order valence-electron chi connectivity index (χ3n) is 6.74. The first-order chi connectivity index (χ1) is 15.4. The second-order valence-corrected chi connectivity index (χ2v) is 8.95. The normalized spacial score (nSPS) is 27.3. The van der Waals surface area contributed by atoms with Crippen LogP contribution in [0.4, 0.5) is 5.69 Å². The Morgan fingerprint density at radius 1 is 0.875 bits per heavy atom. The van der Waals surface area contributed by atoms with Crippen molar-refractivity contribution in [2.75, 3.05) is 4.90 Å². The summed E-state index contributed by atoms with van der Waals surface area (Å²) in [6.07, 6.45) is 3.91. The van der Waals surface area contributed by atoms with Crippen molar-refractivity contribution >= 4 is 29.0 Å². The van der Waals surface area contributed by atoms with Crippen LogP contribution in [-0.4, -0.2) is 23.9 Å². The molecule has 5 rings (SSSR count). The maximum atomic E-state index is 13.5. The van der Waals surface area contributed by atoms with E-state index in [-0.39, 0.29) is 29.8 Å². The molecule has 2 aliphatic carbocycles. The number of hydrogen-bond acceptors (Lipinski definition) is 4. The highest BCUT2D eigenvalue weighted by atomic mass is 16.5. The molecule has 2 bridgehead atoms. The lowest BCUT2D eigenvalue weighted by Gasteiger charge is -2.20. The van der Waals surface area contributed by atoms with Gasteiger partial charge in [-0.2, -0.15) is 0 Å². The van der Waals surface area contributed by atoms with Crippen LogP contribution in [-0.2, 0) is 14.3 Å². The molecule has 1 heterocycles. The molecule has 0 aromatic heterocycles. The summed E-state index contributed by atoms with van der Waals surface area (Å²) in [7, 11) is 0. The molecule has 2 aromatic carbocycles. The number of fused-ring (bicyclic) bond motifs is 5. The third kappa shape index (κ3) is 3.03. The van der Waals surface area contributed by atoms with Crippen LogP contribution >= 0.6 is 0 Å². The molecule has 2 fully saturated rings. The molecule has 1 saturated carbocycles. The topological polar surface area (TPSA) is 63.7 Å². The monoisotopic (exact) mass is 427 g/mol. The molecule has 162 valence electrons. The number of rotatable bonds is 4. The van der Waals surface area contributed by atoms with Gasteiger partial charge in [-0.3, -0.25) is 9.59 Å². The second-order valence-electron chi connectivity index (χ2n) is 8.95. The lowest BCUT2D eigenvalue weighted by atomic mass is 9.85. The molecule has 2 aromatic rings. The van der Waals surface area contributed by atoms with Gasteiger partial charge in [0.05, 0.1) is 29.2 Å². The fourth-order valence-corrected chi connectivity index (χ4v) is 5.43. The highest BCUT2D eigenvalue weighted by Crippen LogP contribution is 2.58. The molecule has 1 saturated heterocycles. The van der Waals surface area contributed by atoms with Crippen LogP contribution in [0.2, 0.25) is 0 Å². The smallest absolute Gasteiger partial charge is 0.338 e. The highest BCUT2D eigenvalue weighted by molar-refractivity contribution is 6.23. The van der Waals surface area contributed by atoms with Gasteiger partial charge < -0.3 is 4.74 Å². The number of hydrogen-bond donors (Lipinski definition) is 0. The van der Waals surface area contributed by atoms with E-state index in [0.717, 1.165) is 11.1 Å². The van der Waals surface area contributed by atoms with Gasteiger partial charge in [0.2, 0.25) is 11.8 Å². The van der Waals surface area contributed by atoms with E-state index >= 15 is 0 Å². The molecule has 0 N–H and O–H groups in total. The average Bonchev–Trinajstić information content (AvgIpc) is 3.43. The highest BCUT2D eigenvalue weighted by Gasteiger charge is 2.62. The van der Waals surface area contributed by atoms with Gasteiger partial charge in [0.1, 0.15) is 0 Å². The summed E-state index contributed by atoms with van der Waals surface area (Å²) in [5.74, 6) is -1.77. The largest absolute Gasteiger partial charge is 0.459 e. The van der Waals surface area contributed by atoms with Gasteiger partial charge in [0.25, 0.3) is 0 Å². The second kappa shape index (κ2) is 7.59. The van der Waals surface area contributed by atoms with Gasteiger partial charge >= 0.3 is 5.97 Å². The summed E-state index contributed by atoms with van der Waals surface area (Å²) >= 11 is 0. The van der Waals surface area contributed by atoms with E-state index in [2.05, 4.69) is 31.2 Å². The molecule has 5 nitrogen and oxygen atoms in total. The van der Waals surface area contributed by atoms with Crippen LogP contribution in [0.3, 0.4) is 0 Å². The van der Waals surface area contributed by atoms with Crippen molar-refractivity contribution in [3.8, 4) is 0 Å². The van der Waals surface area contributed by atoms with Gasteiger partial charge in [-0.05, 0) is 50.1 Å². The first-order valence-corrected chi connectivity index (χ1v) is 11.0. The van der Waals surface area contributed by atoms with E-state index in [1.807, 2.05) is 18.2 Å². The van der Waals surface area contributed by atoms with Gasteiger partial charge in [-0.15, -0.1) is 0 Å². The minimum absolute atomic E-state index is 0.0688. The number of benzene rings is 2. The van der Waals surface area contributed by atoms with E-state index in [9.17, 15) is 14.4 Å². The Balaban J connectivity index is 1.48. The summed E-state index contributed by atoms with van der Waals surface area (Å²) in [6, 6.07) is 16.7. The van der Waals surface area contributed by atoms with Crippen LogP contribution in [0.5, 0.6) is 0 Å². The maximum absolute atomic E-state index is 13.5. The third-order valence-corrected chi connectivity index (χ3v) is 6.74. The number of allylic oxidation sites excluding steroid dienone is 4. The number of carbonyl (C=O) groups excluding carboxylic acids is 3. The Kier molecular flexibility index (Phi) is 4.85. The molecule has 2 amide bonds. The Bertz CT molecular complexity index is 1140. The molecule has 0 radical (unpaired) electrons. The maximum Gasteiger partial charge on any atom is 0.338 e. The standard InChI is InChI=1S/C27H25NO4/c1-15(2)32-27(31)18-10-7-11-19(14-18)28-25(29)23-20-12-13-21(24(23)26(28)30)22(20)16(3)17-8-5-4-6-9-17/h4-15,20-21,23-24H,1-3H3/t20-,21-,23-,24+/m1/s1. The fourth-order valence-electron chi connectivity index (χ4n) is 5.43. The van der Waals surface area contributed by atoms with Crippen molar-refractivity contribution < 1.29 is 19.1 Å². The van der Waals surface area contributed by atoms with E-state index < -0.39 is 17.8 Å². The summed E-state index contributed by atoms with van der Waals surface area (Å²) in [5.41, 5.74) is 4.20. The lowest BCUT2D eigenvalue weighted by molar-refractivity contribution is -0.122. The SMILES string of the molecule is CC(=C1[C@H]2C=C[C@H]1[C@H]1C(=O)N(c3cccc(C(=O)OC(C)C)c3)C(=O)[C@H]12)c1ccccc1. The molecule has 0 spiro atoms. The number of esters is 1. The van der Waals surface area contributed by atoms with Crippen molar-refractivity contribution in [3.05, 3.63) is 83.4 Å². The number of imide groups is 1. The van der Waals surface area contributed by atoms with Crippen LogP contribution in [0.25, 0.3) is 5.57 Å². The quantitative estimate of drug-likeness (QED) is 0.405. The summed E-state index contributed by atoms with van der Waals surface area (Å²) < 4.78 is 5.27. The number of anilines is 1. The summed E-state index contributed by atoms with van der Waals surface area (Å²) in [4.78, 5) is 40.6. The van der Waals surface area contributed by atoms with E-state index in [1.165, 1.54) is 10.5 Å². The van der Waals surface area contributed by atoms with Crippen LogP contribution < -0.4 is 4.90 Å². The summed E-state index contributed by atoms with van der Waals surface area (Å²) in [6.45, 7) is 5.64. The predicted molar refractivity (Wildman–Crippen MR) is 122 cm³/mol. The van der Waals surface area contributed by atoms with Crippen LogP contribution in [0.15, 0.2) is 72.3 Å². The lowest BCUT2D eigenvalue weighted by Crippen LogP contribution is -2.33. The molecular formula is C27H25NO4. The van der Waals surface area contributed by atoms with E-state index in [4.69, 9.17) is 4.74 Å². The van der Waals surface area contributed by atoms with Crippen LogP contribution in [0, 0.1) is 23.7 Å². The average molecular weight is 428 g/mol.